The van der Waals surface area contributed by atoms with Crippen molar-refractivity contribution in [2.75, 3.05) is 20.2 Å². The van der Waals surface area contributed by atoms with Crippen molar-refractivity contribution in [3.05, 3.63) is 0 Å². The molecule has 0 unspecified atom stereocenters. The zero-order valence-electron chi connectivity index (χ0n) is 7.10. The van der Waals surface area contributed by atoms with Crippen LogP contribution in [0.1, 0.15) is 6.42 Å². The quantitative estimate of drug-likeness (QED) is 0.220. The minimum atomic E-state index is -4.74. The highest BCUT2D eigenvalue weighted by Gasteiger charge is 2.39. The van der Waals surface area contributed by atoms with E-state index in [0.29, 0.717) is 13.0 Å². The molecule has 0 rings (SSSR count). The Morgan fingerprint density at radius 3 is 2.31 bits per heavy atom. The van der Waals surface area contributed by atoms with Crippen LogP contribution in [0.25, 0.3) is 0 Å². The molecule has 80 valence electrons. The van der Waals surface area contributed by atoms with Crippen LogP contribution < -0.4 is 5.32 Å². The van der Waals surface area contributed by atoms with Crippen LogP contribution in [0.5, 0.6) is 0 Å². The molecule has 0 saturated heterocycles. The molecule has 0 bridgehead atoms. The van der Waals surface area contributed by atoms with E-state index in [9.17, 15) is 8.42 Å². The van der Waals surface area contributed by atoms with Crippen molar-refractivity contribution in [3.8, 4) is 0 Å². The minimum absolute atomic E-state index is 0.230. The third kappa shape index (κ3) is 4.50. The van der Waals surface area contributed by atoms with E-state index in [2.05, 4.69) is 9.50 Å². The van der Waals surface area contributed by atoms with E-state index >= 15 is 0 Å². The van der Waals surface area contributed by atoms with Gasteiger partial charge >= 0.3 is 15.4 Å². The fourth-order valence-electron chi connectivity index (χ4n) is 0.497. The average Bonchev–Trinajstić information content (AvgIpc) is 1.96. The van der Waals surface area contributed by atoms with Crippen molar-refractivity contribution in [1.29, 1.82) is 0 Å². The largest absolute Gasteiger partial charge is 0.411 e. The summed E-state index contributed by atoms with van der Waals surface area (Å²) in [5.74, 6) is 0. The molecule has 0 spiro atoms. The van der Waals surface area contributed by atoms with Gasteiger partial charge in [0.15, 0.2) is 0 Å². The van der Waals surface area contributed by atoms with Crippen LogP contribution in [-0.4, -0.2) is 49.2 Å². The summed E-state index contributed by atoms with van der Waals surface area (Å²) in [4.78, 5) is 0. The molecule has 0 aliphatic heterocycles. The first-order valence-corrected chi connectivity index (χ1v) is 4.93. The average molecular weight is 215 g/mol. The molecule has 0 fully saturated rings. The molecule has 0 saturated carbocycles. The fourth-order valence-corrected chi connectivity index (χ4v) is 0.992. The third-order valence-electron chi connectivity index (χ3n) is 1.15. The van der Waals surface area contributed by atoms with Gasteiger partial charge in [0.25, 0.3) is 0 Å². The molecular weight excluding hydrogens is 202 g/mol. The molecule has 7 nitrogen and oxygen atoms in total. The Kier molecular flexibility index (Phi) is 4.75. The van der Waals surface area contributed by atoms with Gasteiger partial charge in [-0.2, -0.15) is 8.42 Å². The molecule has 8 heteroatoms. The van der Waals surface area contributed by atoms with Crippen LogP contribution in [0.15, 0.2) is 0 Å². The van der Waals surface area contributed by atoms with Crippen molar-refractivity contribution in [3.63, 3.8) is 0 Å². The summed E-state index contributed by atoms with van der Waals surface area (Å²) in [7, 11) is -3.07. The molecule has 13 heavy (non-hydrogen) atoms. The van der Waals surface area contributed by atoms with E-state index in [1.165, 1.54) is 0 Å². The maximum Gasteiger partial charge on any atom is 0.411 e. The van der Waals surface area contributed by atoms with E-state index in [-0.39, 0.29) is 6.61 Å². The summed E-state index contributed by atoms with van der Waals surface area (Å²) >= 11 is 0. The van der Waals surface area contributed by atoms with Gasteiger partial charge in [-0.25, -0.2) is 0 Å². The van der Waals surface area contributed by atoms with E-state index in [1.807, 2.05) is 0 Å². The summed E-state index contributed by atoms with van der Waals surface area (Å²) < 4.78 is 25.3. The van der Waals surface area contributed by atoms with Crippen LogP contribution in [0.4, 0.5) is 0 Å². The summed E-state index contributed by atoms with van der Waals surface area (Å²) in [5, 5.41) is 23.8. The van der Waals surface area contributed by atoms with Crippen LogP contribution in [0, 0.1) is 0 Å². The van der Waals surface area contributed by atoms with Crippen molar-refractivity contribution < 1.29 is 27.9 Å². The first kappa shape index (κ1) is 12.8. The maximum atomic E-state index is 10.6. The van der Waals surface area contributed by atoms with E-state index in [1.54, 1.807) is 7.05 Å². The molecule has 0 atom stereocenters. The SMILES string of the molecule is CNCCCOS(=O)(=O)C(O)(O)O. The Hall–Kier alpha value is -0.250. The Balaban J connectivity index is 3.92. The molecule has 0 radical (unpaired) electrons. The van der Waals surface area contributed by atoms with Crippen molar-refractivity contribution in [2.24, 2.45) is 0 Å². The molecule has 4 N–H and O–H groups in total. The minimum Gasteiger partial charge on any atom is -0.329 e. The Morgan fingerprint density at radius 2 is 1.92 bits per heavy atom. The normalized spacial score (nSPS) is 13.2. The van der Waals surface area contributed by atoms with Gasteiger partial charge in [-0.15, -0.1) is 0 Å². The zero-order valence-corrected chi connectivity index (χ0v) is 7.91. The maximum absolute atomic E-state index is 10.6. The highest BCUT2D eigenvalue weighted by atomic mass is 32.2. The first-order chi connectivity index (χ1) is 5.81. The Labute approximate surface area is 76.1 Å². The summed E-state index contributed by atoms with van der Waals surface area (Å²) in [6.07, 6.45) is 0.367. The fraction of sp³-hybridized carbons (Fsp3) is 1.00. The third-order valence-corrected chi connectivity index (χ3v) is 2.29. The summed E-state index contributed by atoms with van der Waals surface area (Å²) in [5.41, 5.74) is 0. The Morgan fingerprint density at radius 1 is 1.38 bits per heavy atom. The summed E-state index contributed by atoms with van der Waals surface area (Å²) in [6, 6.07) is 0. The molecule has 0 aliphatic carbocycles. The van der Waals surface area contributed by atoms with Gasteiger partial charge in [0, 0.05) is 0 Å². The van der Waals surface area contributed by atoms with Gasteiger partial charge in [-0.1, -0.05) is 0 Å². The topological polar surface area (TPSA) is 116 Å². The highest BCUT2D eigenvalue weighted by Crippen LogP contribution is 2.08. The number of aliphatic hydroxyl groups is 3. The molecule has 0 aromatic heterocycles. The number of hydrogen-bond acceptors (Lipinski definition) is 7. The first-order valence-electron chi connectivity index (χ1n) is 3.52. The molecule has 0 aliphatic rings. The molecular formula is C5H13NO6S. The van der Waals surface area contributed by atoms with Gasteiger partial charge in [0.1, 0.15) is 0 Å². The highest BCUT2D eigenvalue weighted by molar-refractivity contribution is 7.87. The Bertz CT molecular complexity index is 230. The van der Waals surface area contributed by atoms with Crippen LogP contribution in [0.2, 0.25) is 0 Å². The van der Waals surface area contributed by atoms with Gasteiger partial charge in [0.2, 0.25) is 0 Å². The van der Waals surface area contributed by atoms with Gasteiger partial charge in [-0.3, -0.25) is 4.18 Å². The number of hydrogen-bond donors (Lipinski definition) is 4. The van der Waals surface area contributed by atoms with Crippen LogP contribution in [0.3, 0.4) is 0 Å². The van der Waals surface area contributed by atoms with Gasteiger partial charge in [0.05, 0.1) is 6.61 Å². The second kappa shape index (κ2) is 4.84. The molecule has 0 amide bonds. The number of rotatable bonds is 6. The predicted octanol–water partition coefficient (Wildman–Crippen LogP) is -2.47. The zero-order chi connectivity index (χ0) is 10.5. The van der Waals surface area contributed by atoms with Crippen LogP contribution >= 0.6 is 0 Å². The predicted molar refractivity (Wildman–Crippen MR) is 42.8 cm³/mol. The van der Waals surface area contributed by atoms with Crippen molar-refractivity contribution in [1.82, 2.24) is 5.32 Å². The van der Waals surface area contributed by atoms with Gasteiger partial charge in [-0.05, 0) is 20.0 Å². The van der Waals surface area contributed by atoms with Crippen LogP contribution in [-0.2, 0) is 14.3 Å². The van der Waals surface area contributed by atoms with E-state index < -0.39 is 15.4 Å². The van der Waals surface area contributed by atoms with Crippen molar-refractivity contribution >= 4 is 10.1 Å². The van der Waals surface area contributed by atoms with Gasteiger partial charge < -0.3 is 20.6 Å². The molecule has 0 aromatic rings. The van der Waals surface area contributed by atoms with E-state index in [4.69, 9.17) is 15.3 Å². The second-order valence-electron chi connectivity index (χ2n) is 2.31. The molecule has 0 aromatic carbocycles. The van der Waals surface area contributed by atoms with E-state index in [0.717, 1.165) is 0 Å². The number of nitrogens with one attached hydrogen (secondary N) is 1. The summed E-state index contributed by atoms with van der Waals surface area (Å²) in [6.45, 7) is 0.289. The monoisotopic (exact) mass is 215 g/mol. The lowest BCUT2D eigenvalue weighted by atomic mass is 10.5. The standard InChI is InChI=1S/C5H13NO6S/c1-6-3-2-4-12-13(10,11)5(7,8)9/h6-9H,2-4H2,1H3. The lowest BCUT2D eigenvalue weighted by Crippen LogP contribution is -2.39. The molecule has 0 heterocycles. The lowest BCUT2D eigenvalue weighted by molar-refractivity contribution is -0.246. The lowest BCUT2D eigenvalue weighted by Gasteiger charge is -2.13. The smallest absolute Gasteiger partial charge is 0.329 e. The van der Waals surface area contributed by atoms with Crippen molar-refractivity contribution in [2.45, 2.75) is 11.7 Å². The second-order valence-corrected chi connectivity index (χ2v) is 4.00.